The number of carbonyl (C=O) groups excluding carboxylic acids is 4. The minimum atomic E-state index is -4.97. The predicted octanol–water partition coefficient (Wildman–Crippen LogP) is 26.4. The van der Waals surface area contributed by atoms with Crippen LogP contribution in [0.4, 0.5) is 0 Å². The second-order valence-electron chi connectivity index (χ2n) is 31.4. The van der Waals surface area contributed by atoms with Gasteiger partial charge in [-0.2, -0.15) is 0 Å². The van der Waals surface area contributed by atoms with Gasteiger partial charge in [0, 0.05) is 25.7 Å². The highest BCUT2D eigenvalue weighted by atomic mass is 31.2. The molecule has 0 heterocycles. The maximum Gasteiger partial charge on any atom is 0.472 e. The molecule has 0 rings (SSSR count). The average Bonchev–Trinajstić information content (AvgIpc) is 0.909. The first-order valence-electron chi connectivity index (χ1n) is 44.6. The largest absolute Gasteiger partial charge is 0.472 e. The molecule has 0 aliphatic heterocycles. The zero-order valence-electron chi connectivity index (χ0n) is 68.9. The van der Waals surface area contributed by atoms with E-state index in [1.54, 1.807) is 0 Å². The molecule has 0 bridgehead atoms. The van der Waals surface area contributed by atoms with Gasteiger partial charge in [0.2, 0.25) is 0 Å². The highest BCUT2D eigenvalue weighted by molar-refractivity contribution is 7.47. The fourth-order valence-electron chi connectivity index (χ4n) is 13.5. The SMILES string of the molecule is CCCCCCCCCCCCCCCCCCCCCCCCC(=O)O[C@H](COC(=O)CCCCCCCCCCCCCCCCCC)COP(=O)(O)OC[C@@H](O)COP(=O)(O)OC[C@@H](COC(=O)CCCCCCCCCCCCCCC)OC(=O)CCCCCCCCCCCCCC(C)C. The van der Waals surface area contributed by atoms with Gasteiger partial charge in [0.15, 0.2) is 12.2 Å². The first-order valence-corrected chi connectivity index (χ1v) is 47.6. The van der Waals surface area contributed by atoms with Crippen molar-refractivity contribution in [3.05, 3.63) is 0 Å². The van der Waals surface area contributed by atoms with Crippen molar-refractivity contribution in [1.82, 2.24) is 0 Å². The van der Waals surface area contributed by atoms with Gasteiger partial charge >= 0.3 is 39.5 Å². The van der Waals surface area contributed by atoms with Crippen molar-refractivity contribution >= 4 is 39.5 Å². The van der Waals surface area contributed by atoms with E-state index in [4.69, 9.17) is 37.0 Å². The van der Waals surface area contributed by atoms with Crippen molar-refractivity contribution in [3.63, 3.8) is 0 Å². The highest BCUT2D eigenvalue weighted by Crippen LogP contribution is 2.45. The lowest BCUT2D eigenvalue weighted by molar-refractivity contribution is -0.161. The summed E-state index contributed by atoms with van der Waals surface area (Å²) in [5, 5.41) is 10.7. The topological polar surface area (TPSA) is 237 Å². The molecule has 5 atom stereocenters. The van der Waals surface area contributed by atoms with Crippen molar-refractivity contribution in [2.45, 2.75) is 483 Å². The Kier molecular flexibility index (Phi) is 77.3. The summed E-state index contributed by atoms with van der Waals surface area (Å²) in [6.45, 7) is 7.37. The molecule has 19 heteroatoms. The standard InChI is InChI=1S/C86H168O17P2/c1-6-9-12-15-18-21-24-27-29-31-32-33-34-35-36-38-41-46-51-56-61-66-71-85(90)102-81(75-97-84(89)70-65-60-55-50-45-40-37-30-28-25-22-19-16-13-10-7-2)77-100-104(92,93)98-73-80(87)74-99-105(94,95)101-78-82(76-96-83(88)69-64-59-54-49-44-39-26-23-20-17-14-11-8-3)103-86(91)72-67-62-57-52-47-42-43-48-53-58-63-68-79(4)5/h79-82,87H,6-78H2,1-5H3,(H,92,93)(H,94,95)/t80-,81-,82-/m1/s1. The Bertz CT molecular complexity index is 2000. The number of hydrogen-bond acceptors (Lipinski definition) is 15. The lowest BCUT2D eigenvalue weighted by Crippen LogP contribution is -2.30. The van der Waals surface area contributed by atoms with Crippen LogP contribution in [0.15, 0.2) is 0 Å². The van der Waals surface area contributed by atoms with Crippen LogP contribution in [0.25, 0.3) is 0 Å². The quantitative estimate of drug-likeness (QED) is 0.0222. The van der Waals surface area contributed by atoms with Gasteiger partial charge in [-0.25, -0.2) is 9.13 Å². The molecule has 624 valence electrons. The zero-order valence-corrected chi connectivity index (χ0v) is 70.7. The number of carbonyl (C=O) groups is 4. The van der Waals surface area contributed by atoms with Crippen LogP contribution in [0, 0.1) is 5.92 Å². The van der Waals surface area contributed by atoms with Gasteiger partial charge in [-0.1, -0.05) is 413 Å². The van der Waals surface area contributed by atoms with Crippen LogP contribution < -0.4 is 0 Å². The molecular formula is C86H168O17P2. The van der Waals surface area contributed by atoms with Gasteiger partial charge in [0.25, 0.3) is 0 Å². The Morgan fingerprint density at radius 2 is 0.438 bits per heavy atom. The molecule has 0 amide bonds. The molecule has 3 N–H and O–H groups in total. The predicted molar refractivity (Wildman–Crippen MR) is 432 cm³/mol. The van der Waals surface area contributed by atoms with Gasteiger partial charge in [0.1, 0.15) is 19.3 Å². The molecular weight excluding hydrogens is 1370 g/mol. The lowest BCUT2D eigenvalue weighted by atomic mass is 10.0. The van der Waals surface area contributed by atoms with E-state index in [2.05, 4.69) is 34.6 Å². The number of esters is 4. The van der Waals surface area contributed by atoms with E-state index in [1.807, 2.05) is 0 Å². The van der Waals surface area contributed by atoms with E-state index >= 15 is 0 Å². The van der Waals surface area contributed by atoms with E-state index in [1.165, 1.54) is 289 Å². The summed E-state index contributed by atoms with van der Waals surface area (Å²) in [5.74, 6) is -1.33. The summed E-state index contributed by atoms with van der Waals surface area (Å²) in [5.41, 5.74) is 0. The summed E-state index contributed by atoms with van der Waals surface area (Å²) in [4.78, 5) is 73.2. The number of phosphoric acid groups is 2. The maximum atomic E-state index is 13.1. The average molecular weight is 1540 g/mol. The second-order valence-corrected chi connectivity index (χ2v) is 34.3. The van der Waals surface area contributed by atoms with Crippen molar-refractivity contribution in [2.75, 3.05) is 39.6 Å². The Hall–Kier alpha value is -1.94. The number of aliphatic hydroxyl groups is 1. The van der Waals surface area contributed by atoms with Gasteiger partial charge in [-0.15, -0.1) is 0 Å². The molecule has 17 nitrogen and oxygen atoms in total. The molecule has 0 aliphatic carbocycles. The van der Waals surface area contributed by atoms with E-state index in [9.17, 15) is 43.2 Å². The fourth-order valence-corrected chi connectivity index (χ4v) is 15.1. The molecule has 0 aromatic heterocycles. The zero-order chi connectivity index (χ0) is 76.9. The summed E-state index contributed by atoms with van der Waals surface area (Å²) < 4.78 is 68.9. The van der Waals surface area contributed by atoms with Gasteiger partial charge < -0.3 is 33.8 Å². The molecule has 0 radical (unpaired) electrons. The van der Waals surface area contributed by atoms with Gasteiger partial charge in [0.05, 0.1) is 26.4 Å². The molecule has 0 saturated carbocycles. The van der Waals surface area contributed by atoms with Crippen molar-refractivity contribution in [3.8, 4) is 0 Å². The Labute approximate surface area is 645 Å². The Balaban J connectivity index is 5.24. The van der Waals surface area contributed by atoms with Crippen LogP contribution >= 0.6 is 15.6 Å². The molecule has 2 unspecified atom stereocenters. The smallest absolute Gasteiger partial charge is 0.462 e. The molecule has 0 aromatic carbocycles. The number of aliphatic hydroxyl groups excluding tert-OH is 1. The van der Waals surface area contributed by atoms with Crippen LogP contribution in [0.3, 0.4) is 0 Å². The number of unbranched alkanes of at least 4 members (excludes halogenated alkanes) is 58. The van der Waals surface area contributed by atoms with Gasteiger partial charge in [-0.05, 0) is 31.6 Å². The Morgan fingerprint density at radius 3 is 0.648 bits per heavy atom. The normalized spacial score (nSPS) is 13.8. The lowest BCUT2D eigenvalue weighted by Gasteiger charge is -2.21. The minimum absolute atomic E-state index is 0.107. The molecule has 0 aliphatic rings. The van der Waals surface area contributed by atoms with Crippen molar-refractivity contribution < 1.29 is 80.2 Å². The minimum Gasteiger partial charge on any atom is -0.462 e. The third-order valence-electron chi connectivity index (χ3n) is 20.3. The number of rotatable bonds is 86. The third-order valence-corrected chi connectivity index (χ3v) is 22.2. The molecule has 0 fully saturated rings. The van der Waals surface area contributed by atoms with E-state index in [0.29, 0.717) is 25.7 Å². The summed E-state index contributed by atoms with van der Waals surface area (Å²) in [6.07, 6.45) is 72.2. The third kappa shape index (κ3) is 79.9. The first kappa shape index (κ1) is 103. The molecule has 0 aromatic rings. The second kappa shape index (κ2) is 78.7. The van der Waals surface area contributed by atoms with Crippen LogP contribution in [-0.4, -0.2) is 96.7 Å². The number of hydrogen-bond donors (Lipinski definition) is 3. The Morgan fingerprint density at radius 1 is 0.257 bits per heavy atom. The van der Waals surface area contributed by atoms with Crippen LogP contribution in [0.5, 0.6) is 0 Å². The summed E-state index contributed by atoms with van der Waals surface area (Å²) in [7, 11) is -9.93. The van der Waals surface area contributed by atoms with E-state index < -0.39 is 97.5 Å². The van der Waals surface area contributed by atoms with Crippen LogP contribution in [0.2, 0.25) is 0 Å². The summed E-state index contributed by atoms with van der Waals surface area (Å²) in [6, 6.07) is 0. The first-order chi connectivity index (χ1) is 51.0. The van der Waals surface area contributed by atoms with Crippen molar-refractivity contribution in [1.29, 1.82) is 0 Å². The number of phosphoric ester groups is 2. The van der Waals surface area contributed by atoms with E-state index in [0.717, 1.165) is 95.8 Å². The van der Waals surface area contributed by atoms with Crippen LogP contribution in [0.1, 0.15) is 465 Å². The fraction of sp³-hybridized carbons (Fsp3) is 0.953. The molecule has 105 heavy (non-hydrogen) atoms. The molecule has 0 spiro atoms. The van der Waals surface area contributed by atoms with Crippen LogP contribution in [-0.2, 0) is 65.4 Å². The maximum absolute atomic E-state index is 13.1. The summed E-state index contributed by atoms with van der Waals surface area (Å²) >= 11 is 0. The monoisotopic (exact) mass is 1540 g/mol. The number of ether oxygens (including phenoxy) is 4. The van der Waals surface area contributed by atoms with Crippen molar-refractivity contribution in [2.24, 2.45) is 5.92 Å². The van der Waals surface area contributed by atoms with E-state index in [-0.39, 0.29) is 25.7 Å². The molecule has 0 saturated heterocycles. The van der Waals surface area contributed by atoms with Gasteiger partial charge in [-0.3, -0.25) is 37.3 Å². The highest BCUT2D eigenvalue weighted by Gasteiger charge is 2.30.